The minimum atomic E-state index is -1.23. The molecule has 6 nitrogen and oxygen atoms in total. The van der Waals surface area contributed by atoms with E-state index in [1.165, 1.54) is 6.33 Å². The Kier molecular flexibility index (Phi) is 3.12. The second-order valence-electron chi connectivity index (χ2n) is 4.45. The minimum Gasteiger partial charge on any atom is -0.477 e. The third-order valence-corrected chi connectivity index (χ3v) is 3.08. The predicted octanol–water partition coefficient (Wildman–Crippen LogP) is 2.51. The maximum atomic E-state index is 12.1. The van der Waals surface area contributed by atoms with Crippen LogP contribution >= 0.6 is 0 Å². The molecule has 0 bridgehead atoms. The maximum Gasteiger partial charge on any atom is 0.354 e. The molecule has 3 rings (SSSR count). The number of fused-ring (bicyclic) bond motifs is 1. The molecule has 6 heteroatoms. The van der Waals surface area contributed by atoms with Gasteiger partial charge in [0.25, 0.3) is 5.91 Å². The number of rotatable bonds is 3. The van der Waals surface area contributed by atoms with E-state index in [-0.39, 0.29) is 11.4 Å². The molecule has 1 aromatic heterocycles. The molecule has 2 aromatic carbocycles. The van der Waals surface area contributed by atoms with Gasteiger partial charge in [0, 0.05) is 5.69 Å². The molecule has 0 aliphatic carbocycles. The minimum absolute atomic E-state index is 0.143. The summed E-state index contributed by atoms with van der Waals surface area (Å²) in [6.45, 7) is 0. The van der Waals surface area contributed by atoms with Crippen LogP contribution in [0.25, 0.3) is 10.8 Å². The number of nitrogens with one attached hydrogen (secondary N) is 2. The van der Waals surface area contributed by atoms with Crippen LogP contribution in [-0.2, 0) is 0 Å². The molecule has 0 aliphatic heterocycles. The second kappa shape index (κ2) is 5.09. The van der Waals surface area contributed by atoms with E-state index in [1.807, 2.05) is 36.4 Å². The van der Waals surface area contributed by atoms with E-state index in [0.29, 0.717) is 5.69 Å². The van der Waals surface area contributed by atoms with Crippen LogP contribution in [-0.4, -0.2) is 27.0 Å². The Hall–Kier alpha value is -3.15. The van der Waals surface area contributed by atoms with Crippen LogP contribution in [0, 0.1) is 0 Å². The number of nitrogens with zero attached hydrogens (tertiary/aromatic N) is 1. The van der Waals surface area contributed by atoms with Gasteiger partial charge in [-0.25, -0.2) is 9.78 Å². The highest BCUT2D eigenvalue weighted by molar-refractivity contribution is 6.09. The van der Waals surface area contributed by atoms with Gasteiger partial charge in [-0.2, -0.15) is 0 Å². The van der Waals surface area contributed by atoms with Crippen molar-refractivity contribution in [2.24, 2.45) is 0 Å². The zero-order valence-electron chi connectivity index (χ0n) is 10.8. The molecule has 0 aliphatic rings. The fourth-order valence-corrected chi connectivity index (χ4v) is 2.09. The van der Waals surface area contributed by atoms with Gasteiger partial charge in [-0.15, -0.1) is 0 Å². The lowest BCUT2D eigenvalue weighted by molar-refractivity contribution is 0.0686. The lowest BCUT2D eigenvalue weighted by Crippen LogP contribution is -2.16. The largest absolute Gasteiger partial charge is 0.477 e. The number of hydrogen-bond donors (Lipinski definition) is 3. The number of aromatic nitrogens is 2. The lowest BCUT2D eigenvalue weighted by Gasteiger charge is -2.05. The van der Waals surface area contributed by atoms with Gasteiger partial charge in [-0.05, 0) is 22.9 Å². The number of carboxylic acids is 1. The van der Waals surface area contributed by atoms with Crippen LogP contribution in [0.5, 0.6) is 0 Å². The van der Waals surface area contributed by atoms with E-state index >= 15 is 0 Å². The number of aromatic carboxylic acids is 1. The van der Waals surface area contributed by atoms with Crippen molar-refractivity contribution in [2.75, 3.05) is 5.32 Å². The van der Waals surface area contributed by atoms with E-state index < -0.39 is 11.9 Å². The fourth-order valence-electron chi connectivity index (χ4n) is 2.09. The summed E-state index contributed by atoms with van der Waals surface area (Å²) in [5.41, 5.74) is 0.210. The zero-order chi connectivity index (χ0) is 14.8. The first-order valence-corrected chi connectivity index (χ1v) is 6.22. The standard InChI is InChI=1S/C15H11N3O3/c19-14(12-13(15(20)21)17-8-16-12)18-11-6-5-9-3-1-2-4-10(9)7-11/h1-8H,(H,16,17)(H,18,19)(H,20,21). The molecular formula is C15H11N3O3. The van der Waals surface area contributed by atoms with Crippen molar-refractivity contribution in [3.8, 4) is 0 Å². The van der Waals surface area contributed by atoms with Gasteiger partial charge < -0.3 is 15.4 Å². The highest BCUT2D eigenvalue weighted by atomic mass is 16.4. The van der Waals surface area contributed by atoms with Gasteiger partial charge in [0.1, 0.15) is 0 Å². The zero-order valence-corrected chi connectivity index (χ0v) is 10.8. The monoisotopic (exact) mass is 281 g/mol. The van der Waals surface area contributed by atoms with Crippen molar-refractivity contribution >= 4 is 28.3 Å². The molecular weight excluding hydrogens is 270 g/mol. The molecule has 0 spiro atoms. The molecule has 21 heavy (non-hydrogen) atoms. The summed E-state index contributed by atoms with van der Waals surface area (Å²) in [7, 11) is 0. The summed E-state index contributed by atoms with van der Waals surface area (Å²) < 4.78 is 0. The Morgan fingerprint density at radius 3 is 2.62 bits per heavy atom. The lowest BCUT2D eigenvalue weighted by atomic mass is 10.1. The number of carboxylic acid groups (broad SMARTS) is 1. The number of hydrogen-bond acceptors (Lipinski definition) is 3. The van der Waals surface area contributed by atoms with Gasteiger partial charge in [-0.3, -0.25) is 4.79 Å². The molecule has 3 aromatic rings. The first kappa shape index (κ1) is 12.9. The summed E-state index contributed by atoms with van der Waals surface area (Å²) >= 11 is 0. The second-order valence-corrected chi connectivity index (χ2v) is 4.45. The van der Waals surface area contributed by atoms with E-state index in [9.17, 15) is 9.59 Å². The molecule has 0 saturated heterocycles. The summed E-state index contributed by atoms with van der Waals surface area (Å²) in [6.07, 6.45) is 1.18. The van der Waals surface area contributed by atoms with Gasteiger partial charge in [0.2, 0.25) is 0 Å². The van der Waals surface area contributed by atoms with Crippen LogP contribution < -0.4 is 5.32 Å². The van der Waals surface area contributed by atoms with E-state index in [1.54, 1.807) is 6.07 Å². The Morgan fingerprint density at radius 2 is 1.86 bits per heavy atom. The van der Waals surface area contributed by atoms with Crippen molar-refractivity contribution in [1.29, 1.82) is 0 Å². The topological polar surface area (TPSA) is 95.1 Å². The highest BCUT2D eigenvalue weighted by Gasteiger charge is 2.19. The van der Waals surface area contributed by atoms with Gasteiger partial charge >= 0.3 is 5.97 Å². The molecule has 0 unspecified atom stereocenters. The van der Waals surface area contributed by atoms with E-state index in [4.69, 9.17) is 5.11 Å². The van der Waals surface area contributed by atoms with Crippen molar-refractivity contribution in [1.82, 2.24) is 9.97 Å². The number of aromatic amines is 1. The van der Waals surface area contributed by atoms with Crippen LogP contribution in [0.3, 0.4) is 0 Å². The molecule has 0 atom stereocenters. The molecule has 104 valence electrons. The van der Waals surface area contributed by atoms with Crippen molar-refractivity contribution < 1.29 is 14.7 Å². The van der Waals surface area contributed by atoms with Crippen LogP contribution in [0.15, 0.2) is 48.8 Å². The van der Waals surface area contributed by atoms with Crippen molar-refractivity contribution in [3.05, 3.63) is 60.2 Å². The summed E-state index contributed by atoms with van der Waals surface area (Å²) in [4.78, 5) is 29.2. The summed E-state index contributed by atoms with van der Waals surface area (Å²) in [5, 5.41) is 13.6. The van der Waals surface area contributed by atoms with Crippen LogP contribution in [0.1, 0.15) is 21.0 Å². The van der Waals surface area contributed by atoms with Crippen molar-refractivity contribution in [3.63, 3.8) is 0 Å². The third-order valence-electron chi connectivity index (χ3n) is 3.08. The predicted molar refractivity (Wildman–Crippen MR) is 77.4 cm³/mol. The van der Waals surface area contributed by atoms with E-state index in [2.05, 4.69) is 15.3 Å². The van der Waals surface area contributed by atoms with Gasteiger partial charge in [0.05, 0.1) is 6.33 Å². The summed E-state index contributed by atoms with van der Waals surface area (Å²) in [6, 6.07) is 13.2. The SMILES string of the molecule is O=C(Nc1ccc2ccccc2c1)c1nc[nH]c1C(=O)O. The van der Waals surface area contributed by atoms with Crippen LogP contribution in [0.4, 0.5) is 5.69 Å². The molecule has 0 saturated carbocycles. The average molecular weight is 281 g/mol. The first-order chi connectivity index (χ1) is 10.1. The fraction of sp³-hybridized carbons (Fsp3) is 0. The number of carbonyl (C=O) groups excluding carboxylic acids is 1. The first-order valence-electron chi connectivity index (χ1n) is 6.22. The maximum absolute atomic E-state index is 12.1. The third kappa shape index (κ3) is 2.46. The Morgan fingerprint density at radius 1 is 1.10 bits per heavy atom. The summed E-state index contributed by atoms with van der Waals surface area (Å²) in [5.74, 6) is -1.79. The molecule has 0 fully saturated rings. The Bertz CT molecular complexity index is 839. The number of imidazole rings is 1. The van der Waals surface area contributed by atoms with Gasteiger partial charge in [0.15, 0.2) is 11.4 Å². The van der Waals surface area contributed by atoms with Gasteiger partial charge in [-0.1, -0.05) is 30.3 Å². The number of amides is 1. The molecule has 1 amide bonds. The number of benzene rings is 2. The molecule has 3 N–H and O–H groups in total. The number of H-pyrrole nitrogens is 1. The normalized spacial score (nSPS) is 10.5. The molecule has 0 radical (unpaired) electrons. The van der Waals surface area contributed by atoms with Crippen LogP contribution in [0.2, 0.25) is 0 Å². The number of carbonyl (C=O) groups is 2. The van der Waals surface area contributed by atoms with E-state index in [0.717, 1.165) is 10.8 Å². The molecule has 1 heterocycles. The Balaban J connectivity index is 1.89. The van der Waals surface area contributed by atoms with Crippen molar-refractivity contribution in [2.45, 2.75) is 0 Å². The number of anilines is 1. The highest BCUT2D eigenvalue weighted by Crippen LogP contribution is 2.19. The quantitative estimate of drug-likeness (QED) is 0.687. The average Bonchev–Trinajstić information content (AvgIpc) is 2.97. The smallest absolute Gasteiger partial charge is 0.354 e. The Labute approximate surface area is 119 Å².